The van der Waals surface area contributed by atoms with Gasteiger partial charge in [0.25, 0.3) is 0 Å². The summed E-state index contributed by atoms with van der Waals surface area (Å²) in [6, 6.07) is 10.7. The molecule has 3 aliphatic heterocycles. The average molecular weight is 373 g/mol. The molecule has 0 atom stereocenters. The van der Waals surface area contributed by atoms with Crippen molar-refractivity contribution in [1.82, 2.24) is 20.3 Å². The minimum absolute atomic E-state index is 0.483. The summed E-state index contributed by atoms with van der Waals surface area (Å²) in [5, 5.41) is 10.2. The number of hydrogen-bond acceptors (Lipinski definition) is 7. The molecule has 2 saturated heterocycles. The summed E-state index contributed by atoms with van der Waals surface area (Å²) in [6.45, 7) is 6.17. The molecule has 0 saturated carbocycles. The molecule has 2 fully saturated rings. The summed E-state index contributed by atoms with van der Waals surface area (Å²) < 4.78 is 0. The smallest absolute Gasteiger partial charge is 0.182 e. The van der Waals surface area contributed by atoms with Crippen molar-refractivity contribution >= 4 is 28.5 Å². The first-order chi connectivity index (χ1) is 13.8. The largest absolute Gasteiger partial charge is 0.384 e. The second kappa shape index (κ2) is 6.04. The van der Waals surface area contributed by atoms with Crippen molar-refractivity contribution in [3.05, 3.63) is 47.7 Å². The SMILES string of the molecule is c1cc2c(cc1CNc1cnc3ccc(N4CC5(CNC5)C4)nc3n1)NCC2. The summed E-state index contributed by atoms with van der Waals surface area (Å²) in [5.41, 5.74) is 5.90. The Bertz CT molecular complexity index is 1050. The first-order valence-corrected chi connectivity index (χ1v) is 9.96. The van der Waals surface area contributed by atoms with Gasteiger partial charge in [0.15, 0.2) is 5.65 Å². The lowest BCUT2D eigenvalue weighted by Gasteiger charge is -2.56. The molecule has 7 heteroatoms. The van der Waals surface area contributed by atoms with Crippen LogP contribution in [0, 0.1) is 5.41 Å². The van der Waals surface area contributed by atoms with Crippen molar-refractivity contribution in [2.75, 3.05) is 48.3 Å². The Morgan fingerprint density at radius 2 is 2.04 bits per heavy atom. The first-order valence-electron chi connectivity index (χ1n) is 9.96. The lowest BCUT2D eigenvalue weighted by Crippen LogP contribution is -2.71. The van der Waals surface area contributed by atoms with Crippen molar-refractivity contribution in [2.45, 2.75) is 13.0 Å². The van der Waals surface area contributed by atoms with E-state index in [9.17, 15) is 0 Å². The second-order valence-corrected chi connectivity index (χ2v) is 8.25. The molecule has 28 heavy (non-hydrogen) atoms. The van der Waals surface area contributed by atoms with Crippen LogP contribution in [0.15, 0.2) is 36.5 Å². The van der Waals surface area contributed by atoms with Crippen LogP contribution in [0.4, 0.5) is 17.3 Å². The maximum absolute atomic E-state index is 4.77. The number of pyridine rings is 1. The zero-order valence-electron chi connectivity index (χ0n) is 15.7. The van der Waals surface area contributed by atoms with Crippen molar-refractivity contribution in [3.63, 3.8) is 0 Å². The Labute approximate surface area is 163 Å². The molecule has 0 bridgehead atoms. The third-order valence-corrected chi connectivity index (χ3v) is 6.13. The topological polar surface area (TPSA) is 78.0 Å². The van der Waals surface area contributed by atoms with E-state index in [2.05, 4.69) is 50.1 Å². The minimum atomic E-state index is 0.483. The lowest BCUT2D eigenvalue weighted by molar-refractivity contribution is 0.120. The van der Waals surface area contributed by atoms with Crippen LogP contribution in [0.2, 0.25) is 0 Å². The van der Waals surface area contributed by atoms with Gasteiger partial charge in [-0.25, -0.2) is 15.0 Å². The van der Waals surface area contributed by atoms with Gasteiger partial charge < -0.3 is 20.9 Å². The third-order valence-electron chi connectivity index (χ3n) is 6.13. The van der Waals surface area contributed by atoms with Gasteiger partial charge in [-0.2, -0.15) is 0 Å². The van der Waals surface area contributed by atoms with Crippen molar-refractivity contribution in [3.8, 4) is 0 Å². The molecule has 0 unspecified atom stereocenters. The fourth-order valence-electron chi connectivity index (χ4n) is 4.42. The number of nitrogens with one attached hydrogen (secondary N) is 3. The van der Waals surface area contributed by atoms with Crippen LogP contribution in [0.5, 0.6) is 0 Å². The van der Waals surface area contributed by atoms with Crippen LogP contribution in [0.25, 0.3) is 11.2 Å². The predicted octanol–water partition coefficient (Wildman–Crippen LogP) is 2.01. The van der Waals surface area contributed by atoms with Gasteiger partial charge in [0.1, 0.15) is 17.2 Å². The van der Waals surface area contributed by atoms with Crippen LogP contribution in [-0.2, 0) is 13.0 Å². The zero-order valence-corrected chi connectivity index (χ0v) is 15.7. The van der Waals surface area contributed by atoms with Gasteiger partial charge in [-0.05, 0) is 35.7 Å². The van der Waals surface area contributed by atoms with Gasteiger partial charge in [-0.1, -0.05) is 12.1 Å². The number of nitrogens with zero attached hydrogens (tertiary/aromatic N) is 4. The van der Waals surface area contributed by atoms with Gasteiger partial charge in [0.2, 0.25) is 0 Å². The lowest BCUT2D eigenvalue weighted by atomic mass is 9.74. The molecule has 1 aromatic carbocycles. The molecule has 142 valence electrons. The number of hydrogen-bond donors (Lipinski definition) is 3. The number of benzene rings is 1. The molecule has 5 heterocycles. The van der Waals surface area contributed by atoms with E-state index in [-0.39, 0.29) is 0 Å². The molecular weight excluding hydrogens is 350 g/mol. The number of fused-ring (bicyclic) bond motifs is 2. The molecule has 7 nitrogen and oxygen atoms in total. The van der Waals surface area contributed by atoms with Gasteiger partial charge in [0, 0.05) is 50.4 Å². The third kappa shape index (κ3) is 2.65. The van der Waals surface area contributed by atoms with E-state index in [0.29, 0.717) is 11.1 Å². The Hall–Kier alpha value is -2.93. The van der Waals surface area contributed by atoms with Crippen molar-refractivity contribution in [1.29, 1.82) is 0 Å². The maximum atomic E-state index is 4.77. The summed E-state index contributed by atoms with van der Waals surface area (Å²) in [7, 11) is 0. The van der Waals surface area contributed by atoms with Gasteiger partial charge in [-0.15, -0.1) is 0 Å². The van der Waals surface area contributed by atoms with Crippen LogP contribution < -0.4 is 20.9 Å². The van der Waals surface area contributed by atoms with Crippen LogP contribution in [0.3, 0.4) is 0 Å². The van der Waals surface area contributed by atoms with E-state index in [4.69, 9.17) is 9.97 Å². The summed E-state index contributed by atoms with van der Waals surface area (Å²) in [6.07, 6.45) is 2.90. The standard InChI is InChI=1S/C21H23N7/c1-2-15-5-6-23-17(15)7-14(1)8-25-18-9-24-16-3-4-19(27-20(16)26-18)28-12-21(13-28)10-22-11-21/h1-4,7,9,22-23H,5-6,8,10-13H2,(H,25,26,27). The summed E-state index contributed by atoms with van der Waals surface area (Å²) in [4.78, 5) is 16.3. The predicted molar refractivity (Wildman–Crippen MR) is 111 cm³/mol. The highest BCUT2D eigenvalue weighted by Crippen LogP contribution is 2.36. The van der Waals surface area contributed by atoms with E-state index in [0.717, 1.165) is 62.8 Å². The number of aromatic nitrogens is 3. The highest BCUT2D eigenvalue weighted by molar-refractivity contribution is 5.74. The normalized spacial score (nSPS) is 19.1. The molecule has 1 spiro atoms. The van der Waals surface area contributed by atoms with E-state index >= 15 is 0 Å². The fourth-order valence-corrected chi connectivity index (χ4v) is 4.42. The van der Waals surface area contributed by atoms with E-state index in [1.54, 1.807) is 6.20 Å². The Morgan fingerprint density at radius 1 is 1.11 bits per heavy atom. The van der Waals surface area contributed by atoms with Crippen LogP contribution in [0.1, 0.15) is 11.1 Å². The first kappa shape index (κ1) is 16.1. The molecule has 0 amide bonds. The minimum Gasteiger partial charge on any atom is -0.384 e. The molecule has 2 aromatic heterocycles. The summed E-state index contributed by atoms with van der Waals surface area (Å²) >= 11 is 0. The fraction of sp³-hybridized carbons (Fsp3) is 0.381. The zero-order chi connectivity index (χ0) is 18.6. The van der Waals surface area contributed by atoms with Gasteiger partial charge in [0.05, 0.1) is 6.20 Å². The number of anilines is 3. The Morgan fingerprint density at radius 3 is 2.89 bits per heavy atom. The molecule has 3 N–H and O–H groups in total. The second-order valence-electron chi connectivity index (χ2n) is 8.25. The van der Waals surface area contributed by atoms with Crippen LogP contribution in [-0.4, -0.2) is 47.7 Å². The monoisotopic (exact) mass is 373 g/mol. The van der Waals surface area contributed by atoms with Crippen molar-refractivity contribution in [2.24, 2.45) is 5.41 Å². The average Bonchev–Trinajstić information content (AvgIpc) is 3.11. The maximum Gasteiger partial charge on any atom is 0.182 e. The molecule has 6 rings (SSSR count). The Kier molecular flexibility index (Phi) is 3.46. The highest BCUT2D eigenvalue weighted by Gasteiger charge is 2.47. The number of rotatable bonds is 4. The summed E-state index contributed by atoms with van der Waals surface area (Å²) in [5.74, 6) is 1.76. The van der Waals surface area contributed by atoms with Crippen LogP contribution >= 0.6 is 0 Å². The molecule has 3 aromatic rings. The van der Waals surface area contributed by atoms with E-state index in [1.165, 1.54) is 16.8 Å². The molecule has 0 aliphatic carbocycles. The van der Waals surface area contributed by atoms with E-state index in [1.807, 2.05) is 6.07 Å². The molecular formula is C21H23N7. The molecule has 0 radical (unpaired) electrons. The van der Waals surface area contributed by atoms with Gasteiger partial charge in [-0.3, -0.25) is 0 Å². The van der Waals surface area contributed by atoms with E-state index < -0.39 is 0 Å². The quantitative estimate of drug-likeness (QED) is 0.646. The highest BCUT2D eigenvalue weighted by atomic mass is 15.3. The van der Waals surface area contributed by atoms with Gasteiger partial charge >= 0.3 is 0 Å². The Balaban J connectivity index is 1.18. The van der Waals surface area contributed by atoms with Crippen molar-refractivity contribution < 1.29 is 0 Å². The molecule has 3 aliphatic rings.